The van der Waals surface area contributed by atoms with Gasteiger partial charge in [-0.1, -0.05) is 23.7 Å². The predicted octanol–water partition coefficient (Wildman–Crippen LogP) is 5.08. The van der Waals surface area contributed by atoms with Gasteiger partial charge in [0.15, 0.2) is 0 Å². The number of carbonyl (C=O) groups excluding carboxylic acids is 2. The highest BCUT2D eigenvalue weighted by Crippen LogP contribution is 2.37. The zero-order valence-electron chi connectivity index (χ0n) is 17.4. The van der Waals surface area contributed by atoms with E-state index in [4.69, 9.17) is 21.1 Å². The lowest BCUT2D eigenvalue weighted by molar-refractivity contribution is -0.115. The molecule has 0 aliphatic heterocycles. The maximum absolute atomic E-state index is 12.7. The van der Waals surface area contributed by atoms with E-state index in [9.17, 15) is 9.59 Å². The molecule has 0 unspecified atom stereocenters. The zero-order chi connectivity index (χ0) is 22.7. The van der Waals surface area contributed by atoms with Crippen molar-refractivity contribution in [3.05, 3.63) is 70.5 Å². The number of halogens is 1. The predicted molar refractivity (Wildman–Crippen MR) is 125 cm³/mol. The second-order valence-corrected chi connectivity index (χ2v) is 8.19. The Labute approximate surface area is 193 Å². The molecule has 0 aliphatic carbocycles. The van der Waals surface area contributed by atoms with Crippen LogP contribution in [0.5, 0.6) is 5.75 Å². The molecule has 0 aliphatic rings. The van der Waals surface area contributed by atoms with Gasteiger partial charge in [0.25, 0.3) is 0 Å². The second kappa shape index (κ2) is 9.42. The van der Waals surface area contributed by atoms with Crippen LogP contribution in [-0.2, 0) is 16.0 Å². The van der Waals surface area contributed by atoms with Crippen molar-refractivity contribution in [2.45, 2.75) is 13.3 Å². The molecule has 0 fully saturated rings. The van der Waals surface area contributed by atoms with E-state index in [1.54, 1.807) is 43.0 Å². The summed E-state index contributed by atoms with van der Waals surface area (Å²) in [5, 5.41) is 5.69. The van der Waals surface area contributed by atoms with E-state index in [0.717, 1.165) is 5.56 Å². The molecule has 4 aromatic rings. The van der Waals surface area contributed by atoms with Crippen LogP contribution < -0.4 is 10.1 Å². The number of nitrogens with zero attached hydrogens (tertiary/aromatic N) is 2. The van der Waals surface area contributed by atoms with E-state index in [2.05, 4.69) is 10.3 Å². The number of anilines is 1. The van der Waals surface area contributed by atoms with Crippen LogP contribution in [0, 0.1) is 0 Å². The normalized spacial score (nSPS) is 10.8. The third-order valence-electron chi connectivity index (χ3n) is 4.73. The first kappa shape index (κ1) is 21.9. The zero-order valence-corrected chi connectivity index (χ0v) is 19.0. The first-order chi connectivity index (χ1) is 15.5. The van der Waals surface area contributed by atoms with Crippen LogP contribution in [0.4, 0.5) is 5.00 Å². The first-order valence-corrected chi connectivity index (χ1v) is 11.1. The van der Waals surface area contributed by atoms with Crippen molar-refractivity contribution >= 4 is 45.5 Å². The summed E-state index contributed by atoms with van der Waals surface area (Å²) in [6.45, 7) is 1.97. The Bertz CT molecular complexity index is 1280. The number of imidazole rings is 1. The molecular formula is C23H20ClN3O4S. The number of aromatic nitrogens is 2. The molecule has 3 heterocycles. The number of carbonyl (C=O) groups is 2. The van der Waals surface area contributed by atoms with E-state index < -0.39 is 5.97 Å². The molecule has 164 valence electrons. The van der Waals surface area contributed by atoms with Gasteiger partial charge >= 0.3 is 5.97 Å². The number of ether oxygens (including phenoxy) is 2. The van der Waals surface area contributed by atoms with Gasteiger partial charge in [-0.25, -0.2) is 9.78 Å². The number of fused-ring (bicyclic) bond motifs is 1. The highest BCUT2D eigenvalue weighted by molar-refractivity contribution is 7.15. The summed E-state index contributed by atoms with van der Waals surface area (Å²) in [5.74, 6) is -0.0608. The lowest BCUT2D eigenvalue weighted by Crippen LogP contribution is -2.16. The van der Waals surface area contributed by atoms with Gasteiger partial charge in [0.1, 0.15) is 22.0 Å². The second-order valence-electron chi connectivity index (χ2n) is 6.87. The van der Waals surface area contributed by atoms with Crippen LogP contribution in [0.15, 0.2) is 54.2 Å². The summed E-state index contributed by atoms with van der Waals surface area (Å²) < 4.78 is 12.2. The third-order valence-corrected chi connectivity index (χ3v) is 5.85. The Morgan fingerprint density at radius 2 is 1.94 bits per heavy atom. The highest BCUT2D eigenvalue weighted by atomic mass is 35.5. The Morgan fingerprint density at radius 3 is 2.66 bits per heavy atom. The van der Waals surface area contributed by atoms with Crippen LogP contribution in [-0.4, -0.2) is 35.0 Å². The quantitative estimate of drug-likeness (QED) is 0.381. The van der Waals surface area contributed by atoms with Gasteiger partial charge < -0.3 is 19.2 Å². The largest absolute Gasteiger partial charge is 0.497 e. The third kappa shape index (κ3) is 4.61. The SMILES string of the molecule is CCOC(=O)c1c(-c2ccc(OC)cc2)csc1NC(=O)Cc1cn2cc(Cl)ccc2n1. The van der Waals surface area contributed by atoms with Gasteiger partial charge in [0, 0.05) is 23.3 Å². The number of pyridine rings is 1. The van der Waals surface area contributed by atoms with Gasteiger partial charge in [-0.3, -0.25) is 4.79 Å². The van der Waals surface area contributed by atoms with E-state index in [1.807, 2.05) is 29.6 Å². The van der Waals surface area contributed by atoms with Gasteiger partial charge in [0.2, 0.25) is 5.91 Å². The summed E-state index contributed by atoms with van der Waals surface area (Å²) in [7, 11) is 1.59. The maximum atomic E-state index is 12.7. The number of amides is 1. The molecule has 0 radical (unpaired) electrons. The molecule has 1 amide bonds. The number of hydrogen-bond donors (Lipinski definition) is 1. The molecule has 0 saturated carbocycles. The molecule has 9 heteroatoms. The van der Waals surface area contributed by atoms with Gasteiger partial charge in [-0.15, -0.1) is 11.3 Å². The minimum absolute atomic E-state index is 0.0529. The molecule has 0 bridgehead atoms. The number of hydrogen-bond acceptors (Lipinski definition) is 6. The molecule has 7 nitrogen and oxygen atoms in total. The lowest BCUT2D eigenvalue weighted by atomic mass is 10.0. The van der Waals surface area contributed by atoms with Crippen LogP contribution in [0.25, 0.3) is 16.8 Å². The van der Waals surface area contributed by atoms with Crippen LogP contribution in [0.2, 0.25) is 5.02 Å². The Morgan fingerprint density at radius 1 is 1.16 bits per heavy atom. The first-order valence-electron chi connectivity index (χ1n) is 9.84. The van der Waals surface area contributed by atoms with E-state index >= 15 is 0 Å². The smallest absolute Gasteiger partial charge is 0.341 e. The van der Waals surface area contributed by atoms with Crippen molar-refractivity contribution in [3.63, 3.8) is 0 Å². The lowest BCUT2D eigenvalue weighted by Gasteiger charge is -2.09. The summed E-state index contributed by atoms with van der Waals surface area (Å²) >= 11 is 7.28. The number of methoxy groups -OCH3 is 1. The molecule has 0 atom stereocenters. The number of benzene rings is 1. The molecule has 3 aromatic heterocycles. The minimum atomic E-state index is -0.489. The highest BCUT2D eigenvalue weighted by Gasteiger charge is 2.23. The van der Waals surface area contributed by atoms with Crippen LogP contribution in [0.3, 0.4) is 0 Å². The van der Waals surface area contributed by atoms with E-state index in [1.165, 1.54) is 11.3 Å². The molecule has 0 saturated heterocycles. The minimum Gasteiger partial charge on any atom is -0.497 e. The monoisotopic (exact) mass is 469 g/mol. The molecule has 32 heavy (non-hydrogen) atoms. The van der Waals surface area contributed by atoms with E-state index in [-0.39, 0.29) is 18.9 Å². The fourth-order valence-electron chi connectivity index (χ4n) is 3.28. The summed E-state index contributed by atoms with van der Waals surface area (Å²) in [4.78, 5) is 29.9. The molecule has 0 spiro atoms. The van der Waals surface area contributed by atoms with Gasteiger partial charge in [0.05, 0.1) is 30.9 Å². The van der Waals surface area contributed by atoms with Gasteiger partial charge in [-0.05, 0) is 36.8 Å². The Hall–Kier alpha value is -3.36. The van der Waals surface area contributed by atoms with Crippen molar-refractivity contribution in [1.29, 1.82) is 0 Å². The molecular weight excluding hydrogens is 450 g/mol. The Kier molecular flexibility index (Phi) is 6.43. The Balaban J connectivity index is 1.59. The van der Waals surface area contributed by atoms with Crippen molar-refractivity contribution in [1.82, 2.24) is 9.38 Å². The van der Waals surface area contributed by atoms with Gasteiger partial charge in [-0.2, -0.15) is 0 Å². The van der Waals surface area contributed by atoms with Crippen LogP contribution in [0.1, 0.15) is 23.0 Å². The molecule has 1 aromatic carbocycles. The average molecular weight is 470 g/mol. The number of rotatable bonds is 7. The summed E-state index contributed by atoms with van der Waals surface area (Å²) in [6, 6.07) is 10.9. The fourth-order valence-corrected chi connectivity index (χ4v) is 4.42. The topological polar surface area (TPSA) is 81.9 Å². The summed E-state index contributed by atoms with van der Waals surface area (Å²) in [5.41, 5.74) is 3.13. The van der Waals surface area contributed by atoms with E-state index in [0.29, 0.717) is 38.2 Å². The summed E-state index contributed by atoms with van der Waals surface area (Å²) in [6.07, 6.45) is 3.53. The number of thiophene rings is 1. The molecule has 4 rings (SSSR count). The average Bonchev–Trinajstić information content (AvgIpc) is 3.37. The van der Waals surface area contributed by atoms with Crippen molar-refractivity contribution in [2.24, 2.45) is 0 Å². The number of nitrogens with one attached hydrogen (secondary N) is 1. The molecule has 1 N–H and O–H groups in total. The van der Waals surface area contributed by atoms with Crippen molar-refractivity contribution in [2.75, 3.05) is 19.0 Å². The van der Waals surface area contributed by atoms with Crippen LogP contribution >= 0.6 is 22.9 Å². The standard InChI is InChI=1S/C23H20ClN3O4S/c1-3-31-23(29)21-18(14-4-7-17(30-2)8-5-14)13-32-22(21)26-20(28)10-16-12-27-11-15(24)6-9-19(27)25-16/h4-9,11-13H,3,10H2,1-2H3,(H,26,28). The van der Waals surface area contributed by atoms with Crippen molar-refractivity contribution in [3.8, 4) is 16.9 Å². The van der Waals surface area contributed by atoms with Crippen molar-refractivity contribution < 1.29 is 19.1 Å². The maximum Gasteiger partial charge on any atom is 0.341 e. The number of esters is 1. The fraction of sp³-hybridized carbons (Fsp3) is 0.174.